The van der Waals surface area contributed by atoms with E-state index in [1.54, 1.807) is 45.8 Å². The van der Waals surface area contributed by atoms with Crippen LogP contribution in [0.4, 0.5) is 0 Å². The van der Waals surface area contributed by atoms with Crippen LogP contribution in [-0.4, -0.2) is 75.6 Å². The summed E-state index contributed by atoms with van der Waals surface area (Å²) in [6.45, 7) is 1.97. The number of aromatic nitrogens is 3. The Labute approximate surface area is 238 Å². The molecule has 0 unspecified atom stereocenters. The van der Waals surface area contributed by atoms with Gasteiger partial charge in [0.1, 0.15) is 23.5 Å². The van der Waals surface area contributed by atoms with Gasteiger partial charge in [-0.2, -0.15) is 0 Å². The Morgan fingerprint density at radius 1 is 1.05 bits per heavy atom. The standard InChI is InChI=1S/C30H32ClN5O4/c1-34(20-23-7-3-2-4-8-23)29(38)19-30(22-39-25-13-11-24(31)12-14-25)21-35(17-18-40-30)28(37)15-16-36-27-10-6-5-9-26(27)32-33-36/h2-14H,15-22H2,1H3/t30-/m0/s1. The predicted octanol–water partition coefficient (Wildman–Crippen LogP) is 4.20. The van der Waals surface area contributed by atoms with E-state index in [-0.39, 0.29) is 37.8 Å². The molecular weight excluding hydrogens is 530 g/mol. The first kappa shape index (κ1) is 27.6. The third-order valence-electron chi connectivity index (χ3n) is 7.04. The fraction of sp³-hybridized carbons (Fsp3) is 0.333. The number of para-hydroxylation sites is 1. The third kappa shape index (κ3) is 6.78. The molecule has 2 heterocycles. The van der Waals surface area contributed by atoms with Crippen molar-refractivity contribution in [3.63, 3.8) is 0 Å². The smallest absolute Gasteiger partial charge is 0.225 e. The van der Waals surface area contributed by atoms with Gasteiger partial charge in [0.2, 0.25) is 11.8 Å². The van der Waals surface area contributed by atoms with Crippen molar-refractivity contribution in [2.75, 3.05) is 33.4 Å². The van der Waals surface area contributed by atoms with Gasteiger partial charge in [-0.25, -0.2) is 4.68 Å². The van der Waals surface area contributed by atoms with Crippen molar-refractivity contribution in [2.24, 2.45) is 0 Å². The van der Waals surface area contributed by atoms with Gasteiger partial charge in [-0.3, -0.25) is 9.59 Å². The maximum Gasteiger partial charge on any atom is 0.225 e. The van der Waals surface area contributed by atoms with Gasteiger partial charge >= 0.3 is 0 Å². The Kier molecular flexibility index (Phi) is 8.62. The second kappa shape index (κ2) is 12.5. The third-order valence-corrected chi connectivity index (χ3v) is 7.29. The lowest BCUT2D eigenvalue weighted by Crippen LogP contribution is -2.58. The minimum absolute atomic E-state index is 0.0381. The van der Waals surface area contributed by atoms with E-state index in [4.69, 9.17) is 21.1 Å². The molecule has 1 aromatic heterocycles. The molecule has 40 heavy (non-hydrogen) atoms. The number of fused-ring (bicyclic) bond motifs is 1. The van der Waals surface area contributed by atoms with Crippen LogP contribution in [-0.2, 0) is 27.4 Å². The number of amides is 2. The molecule has 0 aliphatic carbocycles. The van der Waals surface area contributed by atoms with Crippen LogP contribution in [0.25, 0.3) is 11.0 Å². The fourth-order valence-corrected chi connectivity index (χ4v) is 4.97. The Balaban J connectivity index is 1.28. The van der Waals surface area contributed by atoms with Gasteiger partial charge in [0.25, 0.3) is 0 Å². The molecule has 1 aliphatic rings. The summed E-state index contributed by atoms with van der Waals surface area (Å²) in [7, 11) is 1.78. The molecule has 9 nitrogen and oxygen atoms in total. The Morgan fingerprint density at radius 3 is 2.60 bits per heavy atom. The number of carbonyl (C=O) groups excluding carboxylic acids is 2. The summed E-state index contributed by atoms with van der Waals surface area (Å²) >= 11 is 6.03. The molecule has 2 amide bonds. The highest BCUT2D eigenvalue weighted by atomic mass is 35.5. The van der Waals surface area contributed by atoms with Crippen LogP contribution in [0.1, 0.15) is 18.4 Å². The van der Waals surface area contributed by atoms with Crippen LogP contribution in [0.15, 0.2) is 78.9 Å². The fourth-order valence-electron chi connectivity index (χ4n) is 4.85. The zero-order valence-electron chi connectivity index (χ0n) is 22.4. The molecule has 3 aromatic carbocycles. The average Bonchev–Trinajstić information content (AvgIpc) is 3.39. The molecule has 0 radical (unpaired) electrons. The minimum atomic E-state index is -1.00. The van der Waals surface area contributed by atoms with Gasteiger partial charge in [-0.1, -0.05) is 59.3 Å². The monoisotopic (exact) mass is 561 g/mol. The van der Waals surface area contributed by atoms with Crippen molar-refractivity contribution in [3.05, 3.63) is 89.4 Å². The summed E-state index contributed by atoms with van der Waals surface area (Å²) in [5.74, 6) is 0.481. The van der Waals surface area contributed by atoms with Crippen LogP contribution in [0.2, 0.25) is 5.02 Å². The number of halogens is 1. The normalized spacial score (nSPS) is 17.1. The molecule has 4 aromatic rings. The van der Waals surface area contributed by atoms with Gasteiger partial charge in [0.15, 0.2) is 0 Å². The predicted molar refractivity (Wildman–Crippen MR) is 152 cm³/mol. The quantitative estimate of drug-likeness (QED) is 0.288. The first-order valence-corrected chi connectivity index (χ1v) is 13.6. The van der Waals surface area contributed by atoms with Crippen LogP contribution >= 0.6 is 11.6 Å². The molecular formula is C30H32ClN5O4. The van der Waals surface area contributed by atoms with E-state index < -0.39 is 5.60 Å². The molecule has 0 spiro atoms. The summed E-state index contributed by atoms with van der Waals surface area (Å²) < 4.78 is 14.1. The van der Waals surface area contributed by atoms with E-state index >= 15 is 0 Å². The molecule has 1 saturated heterocycles. The summed E-state index contributed by atoms with van der Waals surface area (Å²) in [5.41, 5.74) is 1.70. The lowest BCUT2D eigenvalue weighted by atomic mass is 9.96. The van der Waals surface area contributed by atoms with Crippen molar-refractivity contribution < 1.29 is 19.1 Å². The Hall–Kier alpha value is -3.95. The molecule has 10 heteroatoms. The lowest BCUT2D eigenvalue weighted by Gasteiger charge is -2.42. The van der Waals surface area contributed by atoms with Crippen molar-refractivity contribution in [1.29, 1.82) is 0 Å². The summed E-state index contributed by atoms with van der Waals surface area (Å²) in [6, 6.07) is 24.5. The molecule has 0 bridgehead atoms. The summed E-state index contributed by atoms with van der Waals surface area (Å²) in [6.07, 6.45) is 0.324. The number of hydrogen-bond acceptors (Lipinski definition) is 6. The average molecular weight is 562 g/mol. The van der Waals surface area contributed by atoms with Gasteiger partial charge in [0.05, 0.1) is 31.6 Å². The first-order valence-electron chi connectivity index (χ1n) is 13.3. The molecule has 1 fully saturated rings. The second-order valence-electron chi connectivity index (χ2n) is 10.1. The van der Waals surface area contributed by atoms with Crippen molar-refractivity contribution in [1.82, 2.24) is 24.8 Å². The zero-order chi connectivity index (χ0) is 28.0. The lowest BCUT2D eigenvalue weighted by molar-refractivity contribution is -0.165. The Bertz CT molecular complexity index is 1450. The topological polar surface area (TPSA) is 89.8 Å². The van der Waals surface area contributed by atoms with E-state index in [9.17, 15) is 9.59 Å². The highest BCUT2D eigenvalue weighted by molar-refractivity contribution is 6.30. The van der Waals surface area contributed by atoms with E-state index in [2.05, 4.69) is 10.3 Å². The first-order chi connectivity index (χ1) is 19.4. The van der Waals surface area contributed by atoms with E-state index in [0.29, 0.717) is 37.0 Å². The highest BCUT2D eigenvalue weighted by Crippen LogP contribution is 2.27. The van der Waals surface area contributed by atoms with E-state index in [1.807, 2.05) is 54.6 Å². The van der Waals surface area contributed by atoms with E-state index in [1.165, 1.54) is 0 Å². The van der Waals surface area contributed by atoms with Gasteiger partial charge < -0.3 is 19.3 Å². The Morgan fingerprint density at radius 2 is 1.80 bits per heavy atom. The van der Waals surface area contributed by atoms with Crippen LogP contribution in [0, 0.1) is 0 Å². The SMILES string of the molecule is CN(Cc1ccccc1)C(=O)C[C@@]1(COc2ccc(Cl)cc2)CN(C(=O)CCn2nnc3ccccc32)CCO1. The minimum Gasteiger partial charge on any atom is -0.490 e. The zero-order valence-corrected chi connectivity index (χ0v) is 23.2. The highest BCUT2D eigenvalue weighted by Gasteiger charge is 2.42. The number of rotatable bonds is 10. The van der Waals surface area contributed by atoms with Gasteiger partial charge in [-0.05, 0) is 42.0 Å². The molecule has 0 saturated carbocycles. The maximum absolute atomic E-state index is 13.4. The molecule has 1 atom stereocenters. The maximum atomic E-state index is 13.4. The van der Waals surface area contributed by atoms with Gasteiger partial charge in [0, 0.05) is 31.6 Å². The van der Waals surface area contributed by atoms with Crippen molar-refractivity contribution >= 4 is 34.4 Å². The molecule has 0 N–H and O–H groups in total. The second-order valence-corrected chi connectivity index (χ2v) is 10.5. The summed E-state index contributed by atoms with van der Waals surface area (Å²) in [4.78, 5) is 30.2. The molecule has 5 rings (SSSR count). The largest absolute Gasteiger partial charge is 0.490 e. The molecule has 1 aliphatic heterocycles. The number of ether oxygens (including phenoxy) is 2. The van der Waals surface area contributed by atoms with Crippen LogP contribution < -0.4 is 4.74 Å². The number of carbonyl (C=O) groups is 2. The summed E-state index contributed by atoms with van der Waals surface area (Å²) in [5, 5.41) is 8.97. The van der Waals surface area contributed by atoms with Crippen molar-refractivity contribution in [2.45, 2.75) is 31.5 Å². The number of aryl methyl sites for hydroxylation is 1. The van der Waals surface area contributed by atoms with Crippen LogP contribution in [0.5, 0.6) is 5.75 Å². The number of benzene rings is 3. The van der Waals surface area contributed by atoms with E-state index in [0.717, 1.165) is 16.6 Å². The van der Waals surface area contributed by atoms with Crippen LogP contribution in [0.3, 0.4) is 0 Å². The van der Waals surface area contributed by atoms with Crippen molar-refractivity contribution in [3.8, 4) is 5.75 Å². The molecule has 208 valence electrons. The number of hydrogen-bond donors (Lipinski definition) is 0. The van der Waals surface area contributed by atoms with Gasteiger partial charge in [-0.15, -0.1) is 5.10 Å². The number of morpholine rings is 1. The number of nitrogens with zero attached hydrogens (tertiary/aromatic N) is 5.